The summed E-state index contributed by atoms with van der Waals surface area (Å²) in [6.45, 7) is 2.87. The largest absolute Gasteiger partial charge is 0.506 e. The van der Waals surface area contributed by atoms with Crippen LogP contribution in [-0.2, 0) is 11.0 Å². The molecule has 0 spiro atoms. The van der Waals surface area contributed by atoms with Crippen molar-refractivity contribution in [2.24, 2.45) is 5.73 Å². The summed E-state index contributed by atoms with van der Waals surface area (Å²) in [5, 5.41) is 0. The van der Waals surface area contributed by atoms with Crippen molar-refractivity contribution in [1.29, 1.82) is 0 Å². The quantitative estimate of drug-likeness (QED) is 0.203. The third kappa shape index (κ3) is 8.82. The van der Waals surface area contributed by atoms with Gasteiger partial charge in [0.15, 0.2) is 17.7 Å². The molecule has 2 aromatic carbocycles. The molecule has 5 nitrogen and oxygen atoms in total. The number of rotatable bonds is 15. The number of ether oxygens (including phenoxy) is 2. The molecule has 2 rings (SSSR count). The monoisotopic (exact) mass is 524 g/mol. The van der Waals surface area contributed by atoms with Gasteiger partial charge in [0.25, 0.3) is 0 Å². The summed E-state index contributed by atoms with van der Waals surface area (Å²) in [5.74, 6) is 1.16. The Kier molecular flexibility index (Phi) is 12.3. The van der Waals surface area contributed by atoms with Crippen LogP contribution in [0.3, 0.4) is 0 Å². The summed E-state index contributed by atoms with van der Waals surface area (Å²) >= 11 is 3.62. The molecule has 0 heterocycles. The normalized spacial score (nSPS) is 13.5. The maximum absolute atomic E-state index is 11.6. The van der Waals surface area contributed by atoms with E-state index in [0.717, 1.165) is 22.0 Å². The molecule has 3 N–H and O–H groups in total. The van der Waals surface area contributed by atoms with Gasteiger partial charge in [0.05, 0.1) is 18.2 Å². The van der Waals surface area contributed by atoms with Gasteiger partial charge in [-0.3, -0.25) is 0 Å². The highest BCUT2D eigenvalue weighted by Gasteiger charge is 2.29. The zero-order valence-corrected chi connectivity index (χ0v) is 21.6. The molecular formula is C25H36BrNO4P+. The minimum absolute atomic E-state index is 0.137. The topological polar surface area (TPSA) is 81.8 Å². The second kappa shape index (κ2) is 14.6. The zero-order valence-electron chi connectivity index (χ0n) is 19.1. The van der Waals surface area contributed by atoms with Crippen molar-refractivity contribution in [2.45, 2.75) is 63.8 Å². The highest BCUT2D eigenvalue weighted by atomic mass is 79.9. The van der Waals surface area contributed by atoms with Crippen LogP contribution in [0.2, 0.25) is 0 Å². The lowest BCUT2D eigenvalue weighted by Crippen LogP contribution is -2.32. The maximum atomic E-state index is 11.6. The third-order valence-electron chi connectivity index (χ3n) is 5.60. The molecule has 32 heavy (non-hydrogen) atoms. The van der Waals surface area contributed by atoms with Crippen molar-refractivity contribution in [1.82, 2.24) is 0 Å². The molecule has 0 saturated heterocycles. The van der Waals surface area contributed by atoms with Crippen molar-refractivity contribution in [3.8, 4) is 11.5 Å². The molecule has 0 fully saturated rings. The fourth-order valence-corrected chi connectivity index (χ4v) is 5.28. The number of hydrogen-bond acceptors (Lipinski definition) is 4. The van der Waals surface area contributed by atoms with E-state index in [1.807, 2.05) is 42.5 Å². The van der Waals surface area contributed by atoms with Crippen LogP contribution in [0.4, 0.5) is 0 Å². The molecule has 0 aliphatic carbocycles. The second-order valence-electron chi connectivity index (χ2n) is 8.15. The molecule has 0 aliphatic rings. The molecule has 176 valence electrons. The predicted octanol–water partition coefficient (Wildman–Crippen LogP) is 6.59. The van der Waals surface area contributed by atoms with E-state index in [1.165, 1.54) is 32.1 Å². The molecule has 0 aromatic heterocycles. The lowest BCUT2D eigenvalue weighted by Gasteiger charge is -2.21. The second-order valence-corrected chi connectivity index (χ2v) is 10.1. The Labute approximate surface area is 201 Å². The molecule has 0 radical (unpaired) electrons. The van der Waals surface area contributed by atoms with E-state index in [0.29, 0.717) is 24.5 Å². The number of nitrogens with two attached hydrogens (primary N) is 1. The van der Waals surface area contributed by atoms with Crippen LogP contribution in [0.5, 0.6) is 11.5 Å². The van der Waals surface area contributed by atoms with Gasteiger partial charge in [0.2, 0.25) is 0 Å². The van der Waals surface area contributed by atoms with E-state index in [1.54, 1.807) is 7.11 Å². The minimum Gasteiger partial charge on any atom is -0.493 e. The number of halogens is 1. The summed E-state index contributed by atoms with van der Waals surface area (Å²) in [6, 6.07) is 13.3. The van der Waals surface area contributed by atoms with Gasteiger partial charge in [-0.2, -0.15) is 4.89 Å². The Morgan fingerprint density at radius 2 is 1.78 bits per heavy atom. The predicted molar refractivity (Wildman–Crippen MR) is 135 cm³/mol. The standard InChI is InChI=1S/C25H35BrNO4P/c1-3-4-5-6-7-11-14-31-25-22(26)15-19(17-24(25)30-2)16-23(27)21(18-32(28)29)20-12-9-8-10-13-20/h8-10,12-13,15,17,21,23H,3-7,11,14,16,18,27H2,1-2H3/p+1. The van der Waals surface area contributed by atoms with Crippen LogP contribution in [-0.4, -0.2) is 30.8 Å². The van der Waals surface area contributed by atoms with Crippen LogP contribution < -0.4 is 15.2 Å². The molecule has 0 saturated carbocycles. The first-order chi connectivity index (χ1) is 15.5. The van der Waals surface area contributed by atoms with Crippen molar-refractivity contribution < 1.29 is 18.9 Å². The van der Waals surface area contributed by atoms with Crippen molar-refractivity contribution in [3.05, 3.63) is 58.1 Å². The Morgan fingerprint density at radius 1 is 1.09 bits per heavy atom. The van der Waals surface area contributed by atoms with E-state index < -0.39 is 8.03 Å². The average molecular weight is 525 g/mol. The minimum atomic E-state index is -2.29. The molecule has 7 heteroatoms. The maximum Gasteiger partial charge on any atom is 0.506 e. The van der Waals surface area contributed by atoms with Gasteiger partial charge in [-0.15, -0.1) is 0 Å². The highest BCUT2D eigenvalue weighted by molar-refractivity contribution is 9.10. The van der Waals surface area contributed by atoms with Gasteiger partial charge in [-0.25, -0.2) is 0 Å². The number of unbranched alkanes of at least 4 members (excludes halogenated alkanes) is 5. The van der Waals surface area contributed by atoms with Gasteiger partial charge >= 0.3 is 8.03 Å². The Hall–Kier alpha value is -1.46. The lowest BCUT2D eigenvalue weighted by atomic mass is 9.89. The summed E-state index contributed by atoms with van der Waals surface area (Å²) in [5.41, 5.74) is 8.49. The van der Waals surface area contributed by atoms with Crippen molar-refractivity contribution in [2.75, 3.05) is 19.9 Å². The fourth-order valence-electron chi connectivity index (χ4n) is 3.86. The lowest BCUT2D eigenvalue weighted by molar-refractivity contribution is 0.282. The third-order valence-corrected chi connectivity index (χ3v) is 6.90. The highest BCUT2D eigenvalue weighted by Crippen LogP contribution is 2.38. The number of benzene rings is 2. The van der Waals surface area contributed by atoms with Crippen LogP contribution >= 0.6 is 24.0 Å². The van der Waals surface area contributed by atoms with Crippen LogP contribution in [0.1, 0.15) is 62.5 Å². The van der Waals surface area contributed by atoms with E-state index in [4.69, 9.17) is 15.2 Å². The first-order valence-corrected chi connectivity index (χ1v) is 13.6. The molecule has 3 atom stereocenters. The van der Waals surface area contributed by atoms with Gasteiger partial charge in [0.1, 0.15) is 0 Å². The number of hydrogen-bond donors (Lipinski definition) is 2. The van der Waals surface area contributed by atoms with E-state index in [9.17, 15) is 9.46 Å². The van der Waals surface area contributed by atoms with Crippen molar-refractivity contribution >= 4 is 24.0 Å². The Bertz CT molecular complexity index is 834. The SMILES string of the molecule is CCCCCCCCOc1c(Br)cc(CC(N)C(C[P+](=O)O)c2ccccc2)cc1OC. The van der Waals surface area contributed by atoms with Crippen LogP contribution in [0.15, 0.2) is 46.9 Å². The molecule has 3 unspecified atom stereocenters. The van der Waals surface area contributed by atoms with Crippen LogP contribution in [0.25, 0.3) is 0 Å². The van der Waals surface area contributed by atoms with Gasteiger partial charge in [-0.1, -0.05) is 69.4 Å². The van der Waals surface area contributed by atoms with Crippen molar-refractivity contribution in [3.63, 3.8) is 0 Å². The van der Waals surface area contributed by atoms with E-state index in [2.05, 4.69) is 22.9 Å². The fraction of sp³-hybridized carbons (Fsp3) is 0.520. The van der Waals surface area contributed by atoms with Gasteiger partial charge in [0, 0.05) is 12.0 Å². The molecular weight excluding hydrogens is 489 g/mol. The summed E-state index contributed by atoms with van der Waals surface area (Å²) in [6.07, 6.45) is 7.95. The first-order valence-electron chi connectivity index (χ1n) is 11.4. The van der Waals surface area contributed by atoms with Gasteiger partial charge < -0.3 is 15.2 Å². The summed E-state index contributed by atoms with van der Waals surface area (Å²) in [4.78, 5) is 9.53. The average Bonchev–Trinajstić information content (AvgIpc) is 2.78. The zero-order chi connectivity index (χ0) is 23.3. The van der Waals surface area contributed by atoms with Gasteiger partial charge in [-0.05, 0) is 56.6 Å². The molecule has 0 bridgehead atoms. The Balaban J connectivity index is 2.05. The van der Waals surface area contributed by atoms with E-state index in [-0.39, 0.29) is 18.1 Å². The van der Waals surface area contributed by atoms with Crippen LogP contribution in [0, 0.1) is 0 Å². The molecule has 0 amide bonds. The summed E-state index contributed by atoms with van der Waals surface area (Å²) < 4.78 is 24.0. The summed E-state index contributed by atoms with van der Waals surface area (Å²) in [7, 11) is -0.658. The molecule has 2 aromatic rings. The number of methoxy groups -OCH3 is 1. The smallest absolute Gasteiger partial charge is 0.493 e. The Morgan fingerprint density at radius 3 is 2.44 bits per heavy atom. The first kappa shape index (κ1) is 26.8. The molecule has 0 aliphatic heterocycles. The van der Waals surface area contributed by atoms with E-state index >= 15 is 0 Å².